The summed E-state index contributed by atoms with van der Waals surface area (Å²) in [5.74, 6) is 0.00843. The van der Waals surface area contributed by atoms with Gasteiger partial charge >= 0.3 is 0 Å². The van der Waals surface area contributed by atoms with Crippen molar-refractivity contribution in [2.45, 2.75) is 25.0 Å². The number of rotatable bonds is 8. The Labute approximate surface area is 221 Å². The van der Waals surface area contributed by atoms with E-state index in [4.69, 9.17) is 4.98 Å². The molecule has 4 heteroatoms. The minimum atomic E-state index is -0.581. The third-order valence-corrected chi connectivity index (χ3v) is 7.41. The van der Waals surface area contributed by atoms with Gasteiger partial charge in [-0.25, -0.2) is 4.98 Å². The summed E-state index contributed by atoms with van der Waals surface area (Å²) >= 11 is 3.47. The molecule has 0 fully saturated rings. The molecule has 0 spiro atoms. The van der Waals surface area contributed by atoms with Gasteiger partial charge < -0.3 is 9.67 Å². The zero-order chi connectivity index (χ0) is 25.0. The molecule has 0 saturated carbocycles. The third-order valence-electron chi connectivity index (χ3n) is 6.88. The van der Waals surface area contributed by atoms with Gasteiger partial charge in [0.05, 0.1) is 18.1 Å². The Morgan fingerprint density at radius 1 is 0.750 bits per heavy atom. The Hall–Kier alpha value is -3.47. The maximum Gasteiger partial charge on any atom is 0.121 e. The van der Waals surface area contributed by atoms with Crippen LogP contribution in [0.15, 0.2) is 132 Å². The van der Waals surface area contributed by atoms with Crippen LogP contribution in [-0.2, 0) is 12.0 Å². The van der Waals surface area contributed by atoms with Gasteiger partial charge in [0.15, 0.2) is 0 Å². The predicted molar refractivity (Wildman–Crippen MR) is 149 cm³/mol. The van der Waals surface area contributed by atoms with Crippen molar-refractivity contribution in [1.29, 1.82) is 0 Å². The van der Waals surface area contributed by atoms with Crippen molar-refractivity contribution in [3.05, 3.63) is 160 Å². The minimum absolute atomic E-state index is 0.00843. The number of benzene rings is 4. The highest BCUT2D eigenvalue weighted by Crippen LogP contribution is 2.41. The van der Waals surface area contributed by atoms with Crippen LogP contribution in [0.25, 0.3) is 0 Å². The summed E-state index contributed by atoms with van der Waals surface area (Å²) < 4.78 is 3.23. The number of halogens is 1. The van der Waals surface area contributed by atoms with E-state index in [-0.39, 0.29) is 5.92 Å². The SMILES string of the molecule is CC(Cc1cn(C(c2ccccc2)(c2ccccc2)c2ccccc2)cn1)C(O)c1ccc(Br)cc1. The minimum Gasteiger partial charge on any atom is -0.388 e. The van der Waals surface area contributed by atoms with Crippen LogP contribution in [0, 0.1) is 5.92 Å². The van der Waals surface area contributed by atoms with Crippen LogP contribution in [0.2, 0.25) is 0 Å². The summed E-state index contributed by atoms with van der Waals surface area (Å²) in [6, 6.07) is 39.6. The van der Waals surface area contributed by atoms with Gasteiger partial charge in [0.2, 0.25) is 0 Å². The second-order valence-corrected chi connectivity index (χ2v) is 10.2. The normalized spacial score (nSPS) is 13.3. The largest absolute Gasteiger partial charge is 0.388 e. The fourth-order valence-corrected chi connectivity index (χ4v) is 5.33. The molecule has 3 nitrogen and oxygen atoms in total. The highest BCUT2D eigenvalue weighted by atomic mass is 79.9. The monoisotopic (exact) mass is 536 g/mol. The molecule has 0 saturated heterocycles. The molecule has 36 heavy (non-hydrogen) atoms. The second kappa shape index (κ2) is 10.7. The van der Waals surface area contributed by atoms with E-state index < -0.39 is 11.6 Å². The number of aromatic nitrogens is 2. The maximum atomic E-state index is 11.0. The molecule has 1 N–H and O–H groups in total. The van der Waals surface area contributed by atoms with E-state index in [1.54, 1.807) is 0 Å². The van der Waals surface area contributed by atoms with Crippen molar-refractivity contribution < 1.29 is 5.11 Å². The fraction of sp³-hybridized carbons (Fsp3) is 0.156. The Bertz CT molecular complexity index is 1290. The summed E-state index contributed by atoms with van der Waals surface area (Å²) in [6.45, 7) is 2.07. The van der Waals surface area contributed by atoms with E-state index in [2.05, 4.69) is 125 Å². The first kappa shape index (κ1) is 24.2. The van der Waals surface area contributed by atoms with Crippen molar-refractivity contribution in [2.75, 3.05) is 0 Å². The summed E-state index contributed by atoms with van der Waals surface area (Å²) in [4.78, 5) is 4.83. The van der Waals surface area contributed by atoms with Gasteiger partial charge in [0.1, 0.15) is 5.54 Å². The molecule has 4 aromatic carbocycles. The molecular weight excluding hydrogens is 508 g/mol. The molecular formula is C32H29BrN2O. The van der Waals surface area contributed by atoms with Gasteiger partial charge in [-0.15, -0.1) is 0 Å². The first-order chi connectivity index (χ1) is 17.6. The lowest BCUT2D eigenvalue weighted by Crippen LogP contribution is -2.36. The van der Waals surface area contributed by atoms with E-state index in [0.717, 1.165) is 32.4 Å². The second-order valence-electron chi connectivity index (χ2n) is 9.26. The third kappa shape index (κ3) is 4.67. The highest BCUT2D eigenvalue weighted by molar-refractivity contribution is 9.10. The van der Waals surface area contributed by atoms with Crippen molar-refractivity contribution in [1.82, 2.24) is 9.55 Å². The molecule has 0 aliphatic rings. The zero-order valence-electron chi connectivity index (χ0n) is 20.2. The number of aliphatic hydroxyl groups excluding tert-OH is 1. The molecule has 5 aromatic rings. The molecule has 0 radical (unpaired) electrons. The Morgan fingerprint density at radius 2 is 1.22 bits per heavy atom. The van der Waals surface area contributed by atoms with E-state index in [9.17, 15) is 5.11 Å². The fourth-order valence-electron chi connectivity index (χ4n) is 5.07. The molecule has 180 valence electrons. The van der Waals surface area contributed by atoms with Crippen molar-refractivity contribution in [3.63, 3.8) is 0 Å². The molecule has 0 bridgehead atoms. The Morgan fingerprint density at radius 3 is 1.69 bits per heavy atom. The van der Waals surface area contributed by atoms with Gasteiger partial charge in [0, 0.05) is 10.7 Å². The van der Waals surface area contributed by atoms with Crippen LogP contribution in [0.4, 0.5) is 0 Å². The molecule has 1 aromatic heterocycles. The lowest BCUT2D eigenvalue weighted by molar-refractivity contribution is 0.117. The quantitative estimate of drug-likeness (QED) is 0.210. The lowest BCUT2D eigenvalue weighted by atomic mass is 9.77. The first-order valence-electron chi connectivity index (χ1n) is 12.2. The highest BCUT2D eigenvalue weighted by Gasteiger charge is 2.38. The number of nitrogens with zero attached hydrogens (tertiary/aromatic N) is 2. The van der Waals surface area contributed by atoms with Crippen LogP contribution in [0.3, 0.4) is 0 Å². The molecule has 5 rings (SSSR count). The number of hydrogen-bond donors (Lipinski definition) is 1. The van der Waals surface area contributed by atoms with E-state index in [1.165, 1.54) is 0 Å². The van der Waals surface area contributed by atoms with Crippen LogP contribution < -0.4 is 0 Å². The van der Waals surface area contributed by atoms with E-state index in [0.29, 0.717) is 6.42 Å². The number of imidazole rings is 1. The lowest BCUT2D eigenvalue weighted by Gasteiger charge is -2.37. The van der Waals surface area contributed by atoms with Gasteiger partial charge in [-0.05, 0) is 46.7 Å². The molecule has 2 unspecified atom stereocenters. The summed E-state index contributed by atoms with van der Waals surface area (Å²) in [6.07, 6.45) is 4.17. The van der Waals surface area contributed by atoms with Crippen molar-refractivity contribution in [2.24, 2.45) is 5.92 Å². The van der Waals surface area contributed by atoms with Gasteiger partial charge in [-0.3, -0.25) is 0 Å². The summed E-state index contributed by atoms with van der Waals surface area (Å²) in [5.41, 5.74) is 4.77. The number of hydrogen-bond acceptors (Lipinski definition) is 2. The predicted octanol–water partition coefficient (Wildman–Crippen LogP) is 7.40. The smallest absolute Gasteiger partial charge is 0.121 e. The van der Waals surface area contributed by atoms with Crippen LogP contribution in [-0.4, -0.2) is 14.7 Å². The van der Waals surface area contributed by atoms with E-state index >= 15 is 0 Å². The standard InChI is InChI=1S/C32H29BrN2O/c1-24(31(36)25-17-19-29(33)20-18-25)21-30-22-35(23-34-30)32(26-11-5-2-6-12-26,27-13-7-3-8-14-27)28-15-9-4-10-16-28/h2-20,22-24,31,36H,21H2,1H3. The van der Waals surface area contributed by atoms with Crippen LogP contribution in [0.1, 0.15) is 41.0 Å². The molecule has 0 amide bonds. The van der Waals surface area contributed by atoms with Crippen molar-refractivity contribution in [3.8, 4) is 0 Å². The van der Waals surface area contributed by atoms with Crippen LogP contribution >= 0.6 is 15.9 Å². The molecule has 0 aliphatic carbocycles. The topological polar surface area (TPSA) is 38.0 Å². The molecule has 0 aliphatic heterocycles. The van der Waals surface area contributed by atoms with Crippen LogP contribution in [0.5, 0.6) is 0 Å². The maximum absolute atomic E-state index is 11.0. The zero-order valence-corrected chi connectivity index (χ0v) is 21.8. The molecule has 1 heterocycles. The van der Waals surface area contributed by atoms with E-state index in [1.807, 2.05) is 30.6 Å². The average molecular weight is 538 g/mol. The summed E-state index contributed by atoms with van der Waals surface area (Å²) in [5, 5.41) is 11.0. The van der Waals surface area contributed by atoms with Gasteiger partial charge in [-0.1, -0.05) is 126 Å². The van der Waals surface area contributed by atoms with Gasteiger partial charge in [0.25, 0.3) is 0 Å². The van der Waals surface area contributed by atoms with Gasteiger partial charge in [-0.2, -0.15) is 0 Å². The first-order valence-corrected chi connectivity index (χ1v) is 13.0. The van der Waals surface area contributed by atoms with Crippen molar-refractivity contribution >= 4 is 15.9 Å². The Balaban J connectivity index is 1.58. The number of aliphatic hydroxyl groups is 1. The Kier molecular flexibility index (Phi) is 7.17. The average Bonchev–Trinajstić information content (AvgIpc) is 3.39. The molecule has 2 atom stereocenters. The summed E-state index contributed by atoms with van der Waals surface area (Å²) in [7, 11) is 0.